The van der Waals surface area contributed by atoms with Gasteiger partial charge in [-0.15, -0.1) is 0 Å². The number of aromatic amines is 1. The number of nitriles is 1. The Morgan fingerprint density at radius 1 is 0.971 bits per heavy atom. The maximum Gasteiger partial charge on any atom is 0.349 e. The quantitative estimate of drug-likeness (QED) is 0.339. The summed E-state index contributed by atoms with van der Waals surface area (Å²) < 4.78 is 1.48. The van der Waals surface area contributed by atoms with Gasteiger partial charge in [-0.1, -0.05) is 56.1 Å². The summed E-state index contributed by atoms with van der Waals surface area (Å²) in [6.07, 6.45) is 0. The Hall–Kier alpha value is -3.73. The van der Waals surface area contributed by atoms with Crippen molar-refractivity contribution >= 4 is 39.9 Å². The molecule has 0 aliphatic rings. The highest BCUT2D eigenvalue weighted by Crippen LogP contribution is 2.37. The van der Waals surface area contributed by atoms with Crippen molar-refractivity contribution in [2.24, 2.45) is 0 Å². The van der Waals surface area contributed by atoms with Crippen molar-refractivity contribution in [1.29, 1.82) is 5.26 Å². The van der Waals surface area contributed by atoms with Crippen LogP contribution in [0.25, 0.3) is 39.1 Å². The molecule has 0 amide bonds. The molecule has 0 aliphatic heterocycles. The molecule has 7 nitrogen and oxygen atoms in total. The molecule has 0 atom stereocenters. The highest BCUT2D eigenvalue weighted by Gasteiger charge is 2.25. The molecule has 3 heterocycles. The van der Waals surface area contributed by atoms with Crippen LogP contribution in [0.2, 0.25) is 10.0 Å². The van der Waals surface area contributed by atoms with E-state index >= 15 is 0 Å². The topological polar surface area (TPSA) is 99.7 Å². The smallest absolute Gasteiger partial charge is 0.246 e. The Morgan fingerprint density at radius 3 is 2.35 bits per heavy atom. The molecule has 5 aromatic rings. The first-order valence-corrected chi connectivity index (χ1v) is 11.2. The van der Waals surface area contributed by atoms with Gasteiger partial charge in [-0.3, -0.25) is 0 Å². The molecule has 0 spiro atoms. The summed E-state index contributed by atoms with van der Waals surface area (Å²) >= 11 is 12.3. The van der Waals surface area contributed by atoms with Crippen molar-refractivity contribution in [3.8, 4) is 28.5 Å². The molecule has 34 heavy (non-hydrogen) atoms. The highest BCUT2D eigenvalue weighted by molar-refractivity contribution is 6.31. The Balaban J connectivity index is 1.95. The zero-order valence-electron chi connectivity index (χ0n) is 18.5. The van der Waals surface area contributed by atoms with E-state index in [-0.39, 0.29) is 5.69 Å². The molecule has 5 rings (SSSR count). The lowest BCUT2D eigenvalue weighted by atomic mass is 9.94. The lowest BCUT2D eigenvalue weighted by molar-refractivity contribution is 0.535. The van der Waals surface area contributed by atoms with E-state index in [0.717, 1.165) is 11.1 Å². The van der Waals surface area contributed by atoms with Crippen molar-refractivity contribution in [2.75, 3.05) is 0 Å². The first-order valence-electron chi connectivity index (χ1n) is 10.5. The number of hydrogen-bond donors (Lipinski definition) is 1. The maximum atomic E-state index is 12.6. The number of benzene rings is 2. The van der Waals surface area contributed by atoms with E-state index in [4.69, 9.17) is 33.2 Å². The molecule has 0 fully saturated rings. The van der Waals surface area contributed by atoms with E-state index in [1.165, 1.54) is 4.40 Å². The molecular formula is C25H18Cl2N6O. The third-order valence-electron chi connectivity index (χ3n) is 5.52. The van der Waals surface area contributed by atoms with Gasteiger partial charge < -0.3 is 0 Å². The van der Waals surface area contributed by atoms with E-state index in [1.54, 1.807) is 30.3 Å². The Kier molecular flexibility index (Phi) is 5.16. The molecule has 0 saturated heterocycles. The fourth-order valence-corrected chi connectivity index (χ4v) is 4.25. The van der Waals surface area contributed by atoms with Gasteiger partial charge >= 0.3 is 5.69 Å². The van der Waals surface area contributed by atoms with Crippen LogP contribution in [0.3, 0.4) is 0 Å². The molecule has 9 heteroatoms. The van der Waals surface area contributed by atoms with Gasteiger partial charge in [0.1, 0.15) is 5.82 Å². The molecule has 0 bridgehead atoms. The van der Waals surface area contributed by atoms with E-state index in [1.807, 2.05) is 39.0 Å². The number of H-pyrrole nitrogens is 1. The van der Waals surface area contributed by atoms with Crippen LogP contribution in [-0.2, 0) is 5.41 Å². The Bertz CT molecular complexity index is 1690. The van der Waals surface area contributed by atoms with Gasteiger partial charge in [0.15, 0.2) is 11.3 Å². The first kappa shape index (κ1) is 22.1. The number of aromatic nitrogens is 5. The number of halogens is 2. The number of nitrogens with one attached hydrogen (secondary N) is 1. The number of hydrogen-bond acceptors (Lipinski definition) is 5. The van der Waals surface area contributed by atoms with Crippen LogP contribution < -0.4 is 5.69 Å². The summed E-state index contributed by atoms with van der Waals surface area (Å²) in [5, 5.41) is 18.3. The number of rotatable bonds is 2. The van der Waals surface area contributed by atoms with Crippen molar-refractivity contribution in [3.63, 3.8) is 0 Å². The minimum atomic E-state index is -0.449. The maximum absolute atomic E-state index is 12.6. The highest BCUT2D eigenvalue weighted by atomic mass is 35.5. The van der Waals surface area contributed by atoms with Gasteiger partial charge in [-0.2, -0.15) is 10.4 Å². The van der Waals surface area contributed by atoms with Gasteiger partial charge in [0.2, 0.25) is 0 Å². The predicted octanol–water partition coefficient (Wildman–Crippen LogP) is 5.78. The van der Waals surface area contributed by atoms with Crippen LogP contribution in [0.5, 0.6) is 0 Å². The van der Waals surface area contributed by atoms with Crippen LogP contribution in [0.4, 0.5) is 0 Å². The zero-order valence-corrected chi connectivity index (χ0v) is 20.0. The van der Waals surface area contributed by atoms with E-state index in [0.29, 0.717) is 49.4 Å². The number of nitrogens with zero attached hydrogens (tertiary/aromatic N) is 5. The van der Waals surface area contributed by atoms with Gasteiger partial charge in [0, 0.05) is 26.6 Å². The van der Waals surface area contributed by atoms with Crippen LogP contribution in [0, 0.1) is 11.3 Å². The van der Waals surface area contributed by atoms with Crippen molar-refractivity contribution in [2.45, 2.75) is 26.2 Å². The molecule has 168 valence electrons. The summed E-state index contributed by atoms with van der Waals surface area (Å²) in [6.45, 7) is 5.90. The second kappa shape index (κ2) is 7.94. The molecule has 0 unspecified atom stereocenters. The summed E-state index contributed by atoms with van der Waals surface area (Å²) in [4.78, 5) is 22.3. The molecule has 1 N–H and O–H groups in total. The lowest BCUT2D eigenvalue weighted by Gasteiger charge is -2.20. The van der Waals surface area contributed by atoms with Gasteiger partial charge in [-0.25, -0.2) is 24.3 Å². The van der Waals surface area contributed by atoms with Crippen LogP contribution >= 0.6 is 23.2 Å². The summed E-state index contributed by atoms with van der Waals surface area (Å²) in [5.74, 6) is 0.531. The number of pyridine rings is 1. The molecule has 0 saturated carbocycles. The van der Waals surface area contributed by atoms with Gasteiger partial charge in [0.25, 0.3) is 0 Å². The average molecular weight is 489 g/mol. The molecule has 2 aromatic carbocycles. The second-order valence-corrected chi connectivity index (χ2v) is 9.81. The fraction of sp³-hybridized carbons (Fsp3) is 0.160. The largest absolute Gasteiger partial charge is 0.349 e. The second-order valence-electron chi connectivity index (χ2n) is 8.94. The third kappa shape index (κ3) is 3.61. The van der Waals surface area contributed by atoms with Crippen molar-refractivity contribution in [3.05, 3.63) is 80.4 Å². The van der Waals surface area contributed by atoms with Gasteiger partial charge in [-0.05, 0) is 42.0 Å². The normalized spacial score (nSPS) is 11.8. The fourth-order valence-electron chi connectivity index (χ4n) is 3.95. The van der Waals surface area contributed by atoms with Crippen molar-refractivity contribution in [1.82, 2.24) is 24.6 Å². The molecule has 3 aromatic heterocycles. The van der Waals surface area contributed by atoms with E-state index < -0.39 is 5.41 Å². The lowest BCUT2D eigenvalue weighted by Crippen LogP contribution is -2.25. The summed E-state index contributed by atoms with van der Waals surface area (Å²) in [6, 6.07) is 16.5. The SMILES string of the molecule is CC(C)(C)c1nc2nc(-c3ccc(Cl)cc3C#N)c(-c3ccc(Cl)cc3)cc2c2n[nH]c(=O)n12. The zero-order chi connectivity index (χ0) is 24.2. The molecule has 0 radical (unpaired) electrons. The summed E-state index contributed by atoms with van der Waals surface area (Å²) in [5.41, 5.74) is 3.20. The predicted molar refractivity (Wildman–Crippen MR) is 133 cm³/mol. The Labute approximate surface area is 204 Å². The van der Waals surface area contributed by atoms with Gasteiger partial charge in [0.05, 0.1) is 22.7 Å². The van der Waals surface area contributed by atoms with Crippen molar-refractivity contribution < 1.29 is 0 Å². The Morgan fingerprint density at radius 2 is 1.68 bits per heavy atom. The minimum Gasteiger partial charge on any atom is -0.246 e. The molecular weight excluding hydrogens is 471 g/mol. The van der Waals surface area contributed by atoms with E-state index in [2.05, 4.69) is 16.3 Å². The first-order chi connectivity index (χ1) is 16.2. The average Bonchev–Trinajstić information content (AvgIpc) is 3.19. The monoisotopic (exact) mass is 488 g/mol. The number of fused-ring (bicyclic) bond motifs is 3. The standard InChI is InChI=1S/C25H18Cl2N6O/c1-25(2,3)23-30-21-19(22-31-32-24(34)33(22)23)11-18(13-4-6-15(26)7-5-13)20(29-21)17-9-8-16(27)10-14(17)12-28/h4-11H,1-3H3,(H,32,34). The molecule has 0 aliphatic carbocycles. The minimum absolute atomic E-state index is 0.365. The van der Waals surface area contributed by atoms with Crippen LogP contribution in [-0.4, -0.2) is 24.6 Å². The van der Waals surface area contributed by atoms with E-state index in [9.17, 15) is 10.1 Å². The van der Waals surface area contributed by atoms with Crippen LogP contribution in [0.15, 0.2) is 53.3 Å². The summed E-state index contributed by atoms with van der Waals surface area (Å²) in [7, 11) is 0. The van der Waals surface area contributed by atoms with Crippen LogP contribution in [0.1, 0.15) is 32.2 Å². The third-order valence-corrected chi connectivity index (χ3v) is 6.01.